The van der Waals surface area contributed by atoms with E-state index in [0.29, 0.717) is 6.04 Å². The quantitative estimate of drug-likeness (QED) is 0.742. The number of phenols is 1. The molecule has 3 N–H and O–H groups in total. The van der Waals surface area contributed by atoms with Crippen molar-refractivity contribution in [3.05, 3.63) is 29.6 Å². The third-order valence-electron chi connectivity index (χ3n) is 2.78. The number of hydrogen-bond donors (Lipinski definition) is 3. The van der Waals surface area contributed by atoms with E-state index >= 15 is 0 Å². The van der Waals surface area contributed by atoms with Gasteiger partial charge in [-0.25, -0.2) is 4.39 Å². The molecular weight excluding hydrogens is 251 g/mol. The monoisotopic (exact) mass is 266 g/mol. The molecule has 0 atom stereocenters. The SMILES string of the molecule is O=C(CCNC(=O)c1ccc(F)cc1O)NC1CC1. The zero-order chi connectivity index (χ0) is 13.8. The van der Waals surface area contributed by atoms with E-state index in [2.05, 4.69) is 10.6 Å². The molecule has 2 amide bonds. The van der Waals surface area contributed by atoms with E-state index in [4.69, 9.17) is 0 Å². The molecule has 19 heavy (non-hydrogen) atoms. The van der Waals surface area contributed by atoms with Gasteiger partial charge >= 0.3 is 0 Å². The van der Waals surface area contributed by atoms with Gasteiger partial charge in [-0.2, -0.15) is 0 Å². The minimum Gasteiger partial charge on any atom is -0.507 e. The van der Waals surface area contributed by atoms with Crippen molar-refractivity contribution in [1.82, 2.24) is 10.6 Å². The summed E-state index contributed by atoms with van der Waals surface area (Å²) in [5.41, 5.74) is -0.0102. The van der Waals surface area contributed by atoms with Crippen LogP contribution in [0.2, 0.25) is 0 Å². The first-order valence-electron chi connectivity index (χ1n) is 6.12. The highest BCUT2D eigenvalue weighted by atomic mass is 19.1. The number of carbonyl (C=O) groups excluding carboxylic acids is 2. The van der Waals surface area contributed by atoms with E-state index in [1.165, 1.54) is 6.07 Å². The first-order chi connectivity index (χ1) is 9.06. The van der Waals surface area contributed by atoms with E-state index in [9.17, 15) is 19.1 Å². The Bertz CT molecular complexity index is 501. The molecule has 1 aliphatic carbocycles. The van der Waals surface area contributed by atoms with Crippen molar-refractivity contribution in [3.8, 4) is 5.75 Å². The Morgan fingerprint density at radius 2 is 2.11 bits per heavy atom. The Labute approximate surface area is 109 Å². The Kier molecular flexibility index (Phi) is 3.99. The summed E-state index contributed by atoms with van der Waals surface area (Å²) in [6, 6.07) is 3.46. The molecule has 5 nitrogen and oxygen atoms in total. The molecule has 1 fully saturated rings. The molecule has 1 saturated carbocycles. The lowest BCUT2D eigenvalue weighted by molar-refractivity contribution is -0.121. The molecule has 0 spiro atoms. The lowest BCUT2D eigenvalue weighted by Gasteiger charge is -2.07. The van der Waals surface area contributed by atoms with Crippen molar-refractivity contribution in [1.29, 1.82) is 0 Å². The Hall–Kier alpha value is -2.11. The van der Waals surface area contributed by atoms with Crippen LogP contribution in [0, 0.1) is 5.82 Å². The minimum atomic E-state index is -0.613. The second-order valence-electron chi connectivity index (χ2n) is 4.51. The average Bonchev–Trinajstić information content (AvgIpc) is 3.12. The molecule has 0 aromatic heterocycles. The number of nitrogens with one attached hydrogen (secondary N) is 2. The molecule has 0 aliphatic heterocycles. The van der Waals surface area contributed by atoms with Crippen molar-refractivity contribution in [2.45, 2.75) is 25.3 Å². The largest absolute Gasteiger partial charge is 0.507 e. The van der Waals surface area contributed by atoms with E-state index in [0.717, 1.165) is 25.0 Å². The van der Waals surface area contributed by atoms with Crippen LogP contribution in [0.15, 0.2) is 18.2 Å². The highest BCUT2D eigenvalue weighted by Crippen LogP contribution is 2.19. The molecule has 6 heteroatoms. The second-order valence-corrected chi connectivity index (χ2v) is 4.51. The van der Waals surface area contributed by atoms with Crippen LogP contribution in [0.1, 0.15) is 29.6 Å². The smallest absolute Gasteiger partial charge is 0.255 e. The van der Waals surface area contributed by atoms with Crippen molar-refractivity contribution in [3.63, 3.8) is 0 Å². The zero-order valence-electron chi connectivity index (χ0n) is 10.3. The summed E-state index contributed by atoms with van der Waals surface area (Å²) in [5.74, 6) is -1.67. The topological polar surface area (TPSA) is 78.4 Å². The van der Waals surface area contributed by atoms with Crippen LogP contribution in [0.3, 0.4) is 0 Å². The Morgan fingerprint density at radius 3 is 2.74 bits per heavy atom. The van der Waals surface area contributed by atoms with Gasteiger partial charge in [-0.05, 0) is 25.0 Å². The normalized spacial score (nSPS) is 13.9. The summed E-state index contributed by atoms with van der Waals surface area (Å²) in [4.78, 5) is 23.0. The van der Waals surface area contributed by atoms with Crippen molar-refractivity contribution in [2.75, 3.05) is 6.54 Å². The number of phenolic OH excluding ortho intramolecular Hbond substituents is 1. The second kappa shape index (κ2) is 5.69. The average molecular weight is 266 g/mol. The summed E-state index contributed by atoms with van der Waals surface area (Å²) in [5, 5.41) is 14.7. The number of benzene rings is 1. The molecule has 0 saturated heterocycles. The maximum absolute atomic E-state index is 12.8. The van der Waals surface area contributed by atoms with Crippen LogP contribution in [0.25, 0.3) is 0 Å². The Balaban J connectivity index is 1.78. The van der Waals surface area contributed by atoms with E-state index < -0.39 is 17.5 Å². The molecule has 0 bridgehead atoms. The molecule has 1 aromatic carbocycles. The fraction of sp³-hybridized carbons (Fsp3) is 0.385. The van der Waals surface area contributed by atoms with Crippen LogP contribution in [0.4, 0.5) is 4.39 Å². The standard InChI is InChI=1S/C13H15FN2O3/c14-8-1-4-10(11(17)7-8)13(19)15-6-5-12(18)16-9-2-3-9/h1,4,7,9,17H,2-3,5-6H2,(H,15,19)(H,16,18). The predicted octanol–water partition coefficient (Wildman–Crippen LogP) is 0.930. The Morgan fingerprint density at radius 1 is 1.37 bits per heavy atom. The van der Waals surface area contributed by atoms with Gasteiger partial charge in [0.25, 0.3) is 5.91 Å². The number of hydrogen-bond acceptors (Lipinski definition) is 3. The van der Waals surface area contributed by atoms with Gasteiger partial charge in [0.05, 0.1) is 5.56 Å². The van der Waals surface area contributed by atoms with Crippen LogP contribution in [-0.4, -0.2) is 29.5 Å². The number of aromatic hydroxyl groups is 1. The van der Waals surface area contributed by atoms with Crippen LogP contribution < -0.4 is 10.6 Å². The van der Waals surface area contributed by atoms with Gasteiger partial charge in [0.15, 0.2) is 0 Å². The predicted molar refractivity (Wildman–Crippen MR) is 66.2 cm³/mol. The van der Waals surface area contributed by atoms with Gasteiger partial charge in [0.1, 0.15) is 11.6 Å². The third kappa shape index (κ3) is 3.94. The fourth-order valence-electron chi connectivity index (χ4n) is 1.61. The number of halogens is 1. The zero-order valence-corrected chi connectivity index (χ0v) is 10.3. The van der Waals surface area contributed by atoms with Crippen molar-refractivity contribution < 1.29 is 19.1 Å². The van der Waals surface area contributed by atoms with E-state index in [1.807, 2.05) is 0 Å². The van der Waals surface area contributed by atoms with Gasteiger partial charge < -0.3 is 15.7 Å². The van der Waals surface area contributed by atoms with Gasteiger partial charge in [-0.1, -0.05) is 0 Å². The van der Waals surface area contributed by atoms with Crippen LogP contribution in [-0.2, 0) is 4.79 Å². The van der Waals surface area contributed by atoms with Crippen LogP contribution in [0.5, 0.6) is 5.75 Å². The molecule has 1 aromatic rings. The van der Waals surface area contributed by atoms with Crippen molar-refractivity contribution in [2.24, 2.45) is 0 Å². The summed E-state index contributed by atoms with van der Waals surface area (Å²) in [7, 11) is 0. The van der Waals surface area contributed by atoms with Gasteiger partial charge in [-0.3, -0.25) is 9.59 Å². The molecule has 0 radical (unpaired) electrons. The highest BCUT2D eigenvalue weighted by Gasteiger charge is 2.22. The molecule has 0 unspecified atom stereocenters. The van der Waals surface area contributed by atoms with Gasteiger partial charge in [-0.15, -0.1) is 0 Å². The highest BCUT2D eigenvalue weighted by molar-refractivity contribution is 5.96. The van der Waals surface area contributed by atoms with Gasteiger partial charge in [0.2, 0.25) is 5.91 Å². The number of rotatable bonds is 5. The first kappa shape index (κ1) is 13.3. The van der Waals surface area contributed by atoms with E-state index in [1.54, 1.807) is 0 Å². The molecule has 1 aliphatic rings. The summed E-state index contributed by atoms with van der Waals surface area (Å²) in [6.45, 7) is 0.175. The first-order valence-corrected chi connectivity index (χ1v) is 6.12. The molecule has 102 valence electrons. The van der Waals surface area contributed by atoms with Crippen LogP contribution >= 0.6 is 0 Å². The summed E-state index contributed by atoms with van der Waals surface area (Å²) < 4.78 is 12.8. The lowest BCUT2D eigenvalue weighted by atomic mass is 10.2. The maximum atomic E-state index is 12.8. The maximum Gasteiger partial charge on any atom is 0.255 e. The molecule has 2 rings (SSSR count). The summed E-state index contributed by atoms with van der Waals surface area (Å²) in [6.07, 6.45) is 2.22. The number of amides is 2. The lowest BCUT2D eigenvalue weighted by Crippen LogP contribution is -2.31. The van der Waals surface area contributed by atoms with Gasteiger partial charge in [0, 0.05) is 25.1 Å². The summed E-state index contributed by atoms with van der Waals surface area (Å²) >= 11 is 0. The fourth-order valence-corrected chi connectivity index (χ4v) is 1.61. The third-order valence-corrected chi connectivity index (χ3v) is 2.78. The number of carbonyl (C=O) groups is 2. The van der Waals surface area contributed by atoms with E-state index in [-0.39, 0.29) is 24.4 Å². The molecule has 0 heterocycles. The minimum absolute atomic E-state index is 0.0102. The molecular formula is C13H15FN2O3. The van der Waals surface area contributed by atoms with Crippen molar-refractivity contribution >= 4 is 11.8 Å².